The molecule has 0 amide bonds. The summed E-state index contributed by atoms with van der Waals surface area (Å²) in [6.45, 7) is 7.42. The van der Waals surface area contributed by atoms with Crippen molar-refractivity contribution in [2.75, 3.05) is 0 Å². The molecule has 0 aromatic heterocycles. The molecule has 0 saturated carbocycles. The smallest absolute Gasteiger partial charge is 0.0750 e. The van der Waals surface area contributed by atoms with Gasteiger partial charge >= 0.3 is 0 Å². The minimum atomic E-state index is -1.56. The minimum absolute atomic E-state index is 0.629. The average molecular weight is 302 g/mol. The lowest BCUT2D eigenvalue weighted by atomic mass is 10.1. The quantitative estimate of drug-likeness (QED) is 0.632. The summed E-state index contributed by atoms with van der Waals surface area (Å²) in [5.41, 5.74) is 8.10. The highest BCUT2D eigenvalue weighted by Gasteiger charge is 2.41. The highest BCUT2D eigenvalue weighted by atomic mass is 28.3. The standard InChI is InChI=1S/C21H22Si/c1-15-12-18-10-6-7-11-20(18)21(15)22(2,3)19-13-16-8-4-5-9-17(16)14-19/h4-13,21H,14H2,1-3H3. The van der Waals surface area contributed by atoms with Gasteiger partial charge in [0.05, 0.1) is 8.07 Å². The van der Waals surface area contributed by atoms with Crippen molar-refractivity contribution < 1.29 is 0 Å². The molecule has 4 rings (SSSR count). The van der Waals surface area contributed by atoms with Gasteiger partial charge in [0.25, 0.3) is 0 Å². The number of benzene rings is 2. The van der Waals surface area contributed by atoms with Crippen LogP contribution in [0.1, 0.15) is 34.7 Å². The molecule has 0 nitrogen and oxygen atoms in total. The second-order valence-corrected chi connectivity index (χ2v) is 11.9. The first-order valence-electron chi connectivity index (χ1n) is 8.13. The van der Waals surface area contributed by atoms with Gasteiger partial charge < -0.3 is 0 Å². The van der Waals surface area contributed by atoms with Crippen LogP contribution in [0.4, 0.5) is 0 Å². The first kappa shape index (κ1) is 13.8. The summed E-state index contributed by atoms with van der Waals surface area (Å²) in [5.74, 6) is 0. The van der Waals surface area contributed by atoms with E-state index in [-0.39, 0.29) is 0 Å². The van der Waals surface area contributed by atoms with Gasteiger partial charge in [0.1, 0.15) is 0 Å². The monoisotopic (exact) mass is 302 g/mol. The van der Waals surface area contributed by atoms with E-state index in [2.05, 4.69) is 80.7 Å². The van der Waals surface area contributed by atoms with Crippen LogP contribution in [0.15, 0.2) is 59.3 Å². The molecular formula is C21H22Si. The van der Waals surface area contributed by atoms with Crippen molar-refractivity contribution in [3.05, 3.63) is 81.6 Å². The van der Waals surface area contributed by atoms with Crippen LogP contribution in [-0.2, 0) is 6.42 Å². The Morgan fingerprint density at radius 3 is 2.32 bits per heavy atom. The summed E-state index contributed by atoms with van der Waals surface area (Å²) in [4.78, 5) is 0. The predicted molar refractivity (Wildman–Crippen MR) is 98.4 cm³/mol. The molecule has 1 heteroatoms. The second kappa shape index (κ2) is 4.82. The SMILES string of the molecule is CC1=Cc2ccccc2C1[Si](C)(C)C1=Cc2ccccc2C1. The third kappa shape index (κ3) is 1.96. The Bertz CT molecular complexity index is 808. The first-order valence-corrected chi connectivity index (χ1v) is 11.2. The summed E-state index contributed by atoms with van der Waals surface area (Å²) >= 11 is 0. The number of hydrogen-bond donors (Lipinski definition) is 0. The van der Waals surface area contributed by atoms with Crippen LogP contribution in [0.3, 0.4) is 0 Å². The molecule has 110 valence electrons. The van der Waals surface area contributed by atoms with Gasteiger partial charge in [0.15, 0.2) is 0 Å². The topological polar surface area (TPSA) is 0 Å². The van der Waals surface area contributed by atoms with Gasteiger partial charge in [0, 0.05) is 5.54 Å². The van der Waals surface area contributed by atoms with E-state index in [0.29, 0.717) is 5.54 Å². The molecule has 0 fully saturated rings. The molecule has 1 atom stereocenters. The zero-order valence-electron chi connectivity index (χ0n) is 13.6. The third-order valence-corrected chi connectivity index (χ3v) is 9.65. The van der Waals surface area contributed by atoms with E-state index in [4.69, 9.17) is 0 Å². The Labute approximate surface area is 134 Å². The van der Waals surface area contributed by atoms with Crippen LogP contribution in [0.25, 0.3) is 12.2 Å². The van der Waals surface area contributed by atoms with E-state index in [1.165, 1.54) is 16.7 Å². The van der Waals surface area contributed by atoms with Crippen LogP contribution in [0.2, 0.25) is 13.1 Å². The molecule has 0 spiro atoms. The Morgan fingerprint density at radius 1 is 0.864 bits per heavy atom. The fourth-order valence-electron chi connectivity index (χ4n) is 4.32. The highest BCUT2D eigenvalue weighted by Crippen LogP contribution is 2.46. The zero-order valence-corrected chi connectivity index (χ0v) is 14.6. The van der Waals surface area contributed by atoms with Gasteiger partial charge in [-0.15, -0.1) is 0 Å². The normalized spacial score (nSPS) is 19.5. The molecule has 2 aliphatic carbocycles. The Balaban J connectivity index is 1.76. The molecule has 0 bridgehead atoms. The maximum absolute atomic E-state index is 2.55. The average Bonchev–Trinajstić information content (AvgIpc) is 3.07. The molecule has 2 aliphatic rings. The lowest BCUT2D eigenvalue weighted by molar-refractivity contribution is 1.06. The van der Waals surface area contributed by atoms with Crippen molar-refractivity contribution in [2.24, 2.45) is 0 Å². The Morgan fingerprint density at radius 2 is 1.55 bits per heavy atom. The van der Waals surface area contributed by atoms with Crippen LogP contribution in [-0.4, -0.2) is 8.07 Å². The number of allylic oxidation sites excluding steroid dienone is 2. The lowest BCUT2D eigenvalue weighted by Crippen LogP contribution is -2.38. The van der Waals surface area contributed by atoms with E-state index in [1.807, 2.05) is 0 Å². The molecule has 0 aliphatic heterocycles. The van der Waals surface area contributed by atoms with Crippen molar-refractivity contribution >= 4 is 20.2 Å². The highest BCUT2D eigenvalue weighted by molar-refractivity contribution is 6.87. The molecule has 2 aromatic carbocycles. The fraction of sp³-hybridized carbons (Fsp3) is 0.238. The molecule has 0 radical (unpaired) electrons. The van der Waals surface area contributed by atoms with Crippen LogP contribution in [0, 0.1) is 0 Å². The first-order chi connectivity index (χ1) is 10.6. The summed E-state index contributed by atoms with van der Waals surface area (Å²) in [6, 6.07) is 17.8. The van der Waals surface area contributed by atoms with Gasteiger partial charge in [-0.25, -0.2) is 0 Å². The van der Waals surface area contributed by atoms with Crippen LogP contribution >= 0.6 is 0 Å². The van der Waals surface area contributed by atoms with Gasteiger partial charge in [-0.3, -0.25) is 0 Å². The molecule has 2 aromatic rings. The van der Waals surface area contributed by atoms with E-state index < -0.39 is 8.07 Å². The van der Waals surface area contributed by atoms with E-state index in [1.54, 1.807) is 16.3 Å². The van der Waals surface area contributed by atoms with Crippen molar-refractivity contribution in [3.8, 4) is 0 Å². The zero-order chi connectivity index (χ0) is 15.3. The van der Waals surface area contributed by atoms with E-state index in [9.17, 15) is 0 Å². The summed E-state index contributed by atoms with van der Waals surface area (Å²) in [7, 11) is -1.56. The van der Waals surface area contributed by atoms with Crippen molar-refractivity contribution in [1.82, 2.24) is 0 Å². The molecule has 22 heavy (non-hydrogen) atoms. The number of rotatable bonds is 2. The van der Waals surface area contributed by atoms with Crippen molar-refractivity contribution in [1.29, 1.82) is 0 Å². The van der Waals surface area contributed by atoms with Crippen LogP contribution < -0.4 is 0 Å². The molecule has 0 N–H and O–H groups in total. The van der Waals surface area contributed by atoms with E-state index >= 15 is 0 Å². The lowest BCUT2D eigenvalue weighted by Gasteiger charge is -2.33. The third-order valence-electron chi connectivity index (χ3n) is 5.46. The van der Waals surface area contributed by atoms with E-state index in [0.717, 1.165) is 6.42 Å². The number of fused-ring (bicyclic) bond motifs is 2. The van der Waals surface area contributed by atoms with Crippen molar-refractivity contribution in [2.45, 2.75) is 32.0 Å². The summed E-state index contributed by atoms with van der Waals surface area (Å²) in [5, 5.41) is 1.70. The van der Waals surface area contributed by atoms with Crippen molar-refractivity contribution in [3.63, 3.8) is 0 Å². The van der Waals surface area contributed by atoms with Crippen LogP contribution in [0.5, 0.6) is 0 Å². The largest absolute Gasteiger partial charge is 0.0877 e. The predicted octanol–water partition coefficient (Wildman–Crippen LogP) is 5.61. The summed E-state index contributed by atoms with van der Waals surface area (Å²) < 4.78 is 0. The molecule has 0 saturated heterocycles. The maximum Gasteiger partial charge on any atom is 0.0877 e. The Hall–Kier alpha value is -1.86. The molecule has 0 heterocycles. The fourth-order valence-corrected chi connectivity index (χ4v) is 8.12. The van der Waals surface area contributed by atoms with Gasteiger partial charge in [-0.2, -0.15) is 0 Å². The number of hydrogen-bond acceptors (Lipinski definition) is 0. The minimum Gasteiger partial charge on any atom is -0.0750 e. The Kier molecular flexibility index (Phi) is 3.02. The molecule has 1 unspecified atom stereocenters. The van der Waals surface area contributed by atoms with Gasteiger partial charge in [-0.05, 0) is 35.6 Å². The molecular weight excluding hydrogens is 280 g/mol. The summed E-state index contributed by atoms with van der Waals surface area (Å²) in [6.07, 6.45) is 6.04. The van der Waals surface area contributed by atoms with Gasteiger partial charge in [-0.1, -0.05) is 84.5 Å². The maximum atomic E-state index is 2.55. The van der Waals surface area contributed by atoms with Gasteiger partial charge in [0.2, 0.25) is 0 Å². The second-order valence-electron chi connectivity index (χ2n) is 7.22.